The van der Waals surface area contributed by atoms with E-state index in [4.69, 9.17) is 4.74 Å². The molecule has 0 bridgehead atoms. The van der Waals surface area contributed by atoms with Gasteiger partial charge < -0.3 is 14.6 Å². The van der Waals surface area contributed by atoms with Crippen LogP contribution in [0.25, 0.3) is 0 Å². The summed E-state index contributed by atoms with van der Waals surface area (Å²) < 4.78 is 8.09. The third-order valence-electron chi connectivity index (χ3n) is 5.94. The maximum Gasteiger partial charge on any atom is 0.100 e. The van der Waals surface area contributed by atoms with Crippen molar-refractivity contribution in [3.8, 4) is 0 Å². The van der Waals surface area contributed by atoms with E-state index in [9.17, 15) is 0 Å². The Morgan fingerprint density at radius 2 is 1.95 bits per heavy atom. The first-order valence-corrected chi connectivity index (χ1v) is 9.13. The molecule has 3 aliphatic rings. The predicted octanol–water partition coefficient (Wildman–Crippen LogP) is 3.20. The van der Waals surface area contributed by atoms with E-state index in [-0.39, 0.29) is 6.10 Å². The zero-order valence-electron chi connectivity index (χ0n) is 13.7. The van der Waals surface area contributed by atoms with E-state index in [1.54, 1.807) is 0 Å². The molecule has 22 heavy (non-hydrogen) atoms. The Bertz CT molecular complexity index is 496. The highest BCUT2D eigenvalue weighted by Gasteiger charge is 2.35. The van der Waals surface area contributed by atoms with Crippen LogP contribution in [0.1, 0.15) is 63.2 Å². The first-order valence-electron chi connectivity index (χ1n) is 9.13. The second-order valence-electron chi connectivity index (χ2n) is 7.64. The third kappa shape index (κ3) is 3.23. The molecule has 2 heterocycles. The largest absolute Gasteiger partial charge is 0.372 e. The first-order chi connectivity index (χ1) is 10.8. The number of hydrogen-bond acceptors (Lipinski definition) is 3. The molecular weight excluding hydrogens is 274 g/mol. The van der Waals surface area contributed by atoms with Gasteiger partial charge >= 0.3 is 0 Å². The Morgan fingerprint density at radius 1 is 1.09 bits per heavy atom. The van der Waals surface area contributed by atoms with Crippen LogP contribution < -0.4 is 5.32 Å². The molecule has 1 saturated heterocycles. The van der Waals surface area contributed by atoms with Crippen LogP contribution in [0.4, 0.5) is 0 Å². The summed E-state index contributed by atoms with van der Waals surface area (Å²) in [6.07, 6.45) is 15.0. The van der Waals surface area contributed by atoms with Crippen LogP contribution >= 0.6 is 0 Å². The lowest BCUT2D eigenvalue weighted by Gasteiger charge is -2.36. The lowest BCUT2D eigenvalue weighted by molar-refractivity contribution is -0.00707. The maximum atomic E-state index is 5.99. The Hall–Kier alpha value is -0.870. The normalized spacial score (nSPS) is 36.4. The van der Waals surface area contributed by atoms with Crippen molar-refractivity contribution in [3.05, 3.63) is 18.2 Å². The molecule has 1 aliphatic heterocycles. The predicted molar refractivity (Wildman–Crippen MR) is 86.5 cm³/mol. The molecule has 2 saturated carbocycles. The highest BCUT2D eigenvalue weighted by molar-refractivity contribution is 5.04. The Labute approximate surface area is 133 Å². The van der Waals surface area contributed by atoms with E-state index in [1.165, 1.54) is 44.2 Å². The van der Waals surface area contributed by atoms with Crippen molar-refractivity contribution in [3.63, 3.8) is 0 Å². The number of nitrogens with one attached hydrogen (secondary N) is 1. The highest BCUT2D eigenvalue weighted by Crippen LogP contribution is 2.44. The van der Waals surface area contributed by atoms with E-state index < -0.39 is 0 Å². The molecule has 4 rings (SSSR count). The number of imidazole rings is 1. The minimum absolute atomic E-state index is 0.210. The minimum atomic E-state index is 0.210. The number of aryl methyl sites for hydroxylation is 1. The summed E-state index contributed by atoms with van der Waals surface area (Å²) >= 11 is 0. The minimum Gasteiger partial charge on any atom is -0.372 e. The molecule has 0 radical (unpaired) electrons. The van der Waals surface area contributed by atoms with Crippen LogP contribution in [0.2, 0.25) is 0 Å². The average Bonchev–Trinajstić information content (AvgIpc) is 3.30. The molecule has 1 aromatic rings. The summed E-state index contributed by atoms with van der Waals surface area (Å²) in [6.45, 7) is 0.867. The van der Waals surface area contributed by atoms with Gasteiger partial charge in [0.15, 0.2) is 0 Å². The van der Waals surface area contributed by atoms with Crippen LogP contribution in [0.5, 0.6) is 0 Å². The fraction of sp³-hybridized carbons (Fsp3) is 0.833. The van der Waals surface area contributed by atoms with E-state index in [0.717, 1.165) is 37.3 Å². The molecule has 2 aliphatic carbocycles. The second kappa shape index (κ2) is 6.32. The molecule has 0 spiro atoms. The molecule has 4 unspecified atom stereocenters. The zero-order valence-corrected chi connectivity index (χ0v) is 13.7. The van der Waals surface area contributed by atoms with E-state index in [2.05, 4.69) is 21.9 Å². The molecule has 1 N–H and O–H groups in total. The smallest absolute Gasteiger partial charge is 0.100 e. The number of rotatable bonds is 4. The molecule has 4 atom stereocenters. The Balaban J connectivity index is 1.33. The molecule has 0 aromatic carbocycles. The number of ether oxygens (including phenoxy) is 1. The number of aromatic nitrogens is 2. The molecular formula is C18H29N3O. The first kappa shape index (κ1) is 14.7. The SMILES string of the molecule is Cn1cncc1C1CC(NC2CCCC(C3CC3)C2)CCO1. The number of hydrogen-bond donors (Lipinski definition) is 1. The molecule has 4 heteroatoms. The Morgan fingerprint density at radius 3 is 2.73 bits per heavy atom. The summed E-state index contributed by atoms with van der Waals surface area (Å²) in [5, 5.41) is 3.97. The van der Waals surface area contributed by atoms with Crippen LogP contribution in [0.15, 0.2) is 12.5 Å². The fourth-order valence-corrected chi connectivity index (χ4v) is 4.54. The van der Waals surface area contributed by atoms with Gasteiger partial charge in [-0.05, 0) is 50.4 Å². The maximum absolute atomic E-state index is 5.99. The molecule has 1 aromatic heterocycles. The topological polar surface area (TPSA) is 39.1 Å². The highest BCUT2D eigenvalue weighted by atomic mass is 16.5. The van der Waals surface area contributed by atoms with Gasteiger partial charge in [0.1, 0.15) is 6.10 Å². The van der Waals surface area contributed by atoms with Crippen LogP contribution in [0.3, 0.4) is 0 Å². The van der Waals surface area contributed by atoms with Gasteiger partial charge in [-0.25, -0.2) is 4.98 Å². The van der Waals surface area contributed by atoms with Gasteiger partial charge in [0.2, 0.25) is 0 Å². The fourth-order valence-electron chi connectivity index (χ4n) is 4.54. The summed E-state index contributed by atoms with van der Waals surface area (Å²) in [5.41, 5.74) is 1.21. The van der Waals surface area contributed by atoms with E-state index in [0.29, 0.717) is 6.04 Å². The van der Waals surface area contributed by atoms with Crippen LogP contribution in [-0.4, -0.2) is 28.2 Å². The lowest BCUT2D eigenvalue weighted by atomic mass is 9.82. The van der Waals surface area contributed by atoms with Crippen LogP contribution in [0, 0.1) is 11.8 Å². The van der Waals surface area contributed by atoms with Crippen molar-refractivity contribution in [2.75, 3.05) is 6.61 Å². The summed E-state index contributed by atoms with van der Waals surface area (Å²) in [7, 11) is 2.06. The van der Waals surface area contributed by atoms with Crippen molar-refractivity contribution in [1.82, 2.24) is 14.9 Å². The lowest BCUT2D eigenvalue weighted by Crippen LogP contribution is -2.44. The molecule has 0 amide bonds. The zero-order chi connectivity index (χ0) is 14.9. The second-order valence-corrected chi connectivity index (χ2v) is 7.64. The van der Waals surface area contributed by atoms with Gasteiger partial charge in [-0.15, -0.1) is 0 Å². The van der Waals surface area contributed by atoms with Crippen molar-refractivity contribution in [2.45, 2.75) is 69.6 Å². The standard InChI is InChI=1S/C18H29N3O/c1-21-12-19-11-17(21)18-10-16(7-8-22-18)20-15-4-2-3-14(9-15)13-5-6-13/h11-16,18,20H,2-10H2,1H3. The van der Waals surface area contributed by atoms with Gasteiger partial charge in [-0.3, -0.25) is 0 Å². The Kier molecular flexibility index (Phi) is 4.23. The third-order valence-corrected chi connectivity index (χ3v) is 5.94. The quantitative estimate of drug-likeness (QED) is 0.928. The van der Waals surface area contributed by atoms with Crippen LogP contribution in [-0.2, 0) is 11.8 Å². The van der Waals surface area contributed by atoms with Crippen molar-refractivity contribution in [1.29, 1.82) is 0 Å². The van der Waals surface area contributed by atoms with Crippen molar-refractivity contribution >= 4 is 0 Å². The molecule has 122 valence electrons. The molecule has 3 fully saturated rings. The van der Waals surface area contributed by atoms with Gasteiger partial charge in [0.25, 0.3) is 0 Å². The van der Waals surface area contributed by atoms with Gasteiger partial charge in [0.05, 0.1) is 18.2 Å². The average molecular weight is 303 g/mol. The summed E-state index contributed by atoms with van der Waals surface area (Å²) in [4.78, 5) is 4.24. The van der Waals surface area contributed by atoms with Gasteiger partial charge in [-0.2, -0.15) is 0 Å². The van der Waals surface area contributed by atoms with Crippen molar-refractivity contribution in [2.24, 2.45) is 18.9 Å². The van der Waals surface area contributed by atoms with Crippen molar-refractivity contribution < 1.29 is 4.74 Å². The van der Waals surface area contributed by atoms with Gasteiger partial charge in [0, 0.05) is 25.7 Å². The summed E-state index contributed by atoms with van der Waals surface area (Å²) in [6, 6.07) is 1.35. The van der Waals surface area contributed by atoms with Gasteiger partial charge in [-0.1, -0.05) is 12.8 Å². The molecule has 4 nitrogen and oxygen atoms in total. The number of nitrogens with zero attached hydrogens (tertiary/aromatic N) is 2. The van der Waals surface area contributed by atoms with E-state index >= 15 is 0 Å². The monoisotopic (exact) mass is 303 g/mol. The van der Waals surface area contributed by atoms with E-state index in [1.807, 2.05) is 12.5 Å². The summed E-state index contributed by atoms with van der Waals surface area (Å²) in [5.74, 6) is 2.08.